The summed E-state index contributed by atoms with van der Waals surface area (Å²) in [7, 11) is 1.39. The largest absolute Gasteiger partial charge is 0.469 e. The number of carbonyl (C=O) groups excluding carboxylic acids is 1. The number of nitrogens with two attached hydrogens (primary N) is 1. The van der Waals surface area contributed by atoms with E-state index in [-0.39, 0.29) is 17.9 Å². The van der Waals surface area contributed by atoms with Gasteiger partial charge in [0.05, 0.1) is 13.5 Å². The third-order valence-corrected chi connectivity index (χ3v) is 2.73. The number of pyridine rings is 1. The normalized spacial score (nSPS) is 14.2. The van der Waals surface area contributed by atoms with Gasteiger partial charge in [0.25, 0.3) is 0 Å². The third-order valence-electron chi connectivity index (χ3n) is 2.73. The molecule has 0 spiro atoms. The lowest BCUT2D eigenvalue weighted by molar-refractivity contribution is -0.141. The Balaban J connectivity index is 2.94. The summed E-state index contributed by atoms with van der Waals surface area (Å²) in [6.45, 7) is 3.88. The fourth-order valence-electron chi connectivity index (χ4n) is 1.71. The molecule has 0 aliphatic rings. The Kier molecular flexibility index (Phi) is 4.43. The number of ether oxygens (including phenoxy) is 1. The second kappa shape index (κ2) is 5.61. The van der Waals surface area contributed by atoms with Crippen molar-refractivity contribution >= 4 is 5.97 Å². The van der Waals surface area contributed by atoms with E-state index in [0.29, 0.717) is 6.42 Å². The zero-order valence-electron chi connectivity index (χ0n) is 9.93. The van der Waals surface area contributed by atoms with Crippen LogP contribution in [0.2, 0.25) is 0 Å². The first-order valence-electron chi connectivity index (χ1n) is 5.29. The van der Waals surface area contributed by atoms with Crippen LogP contribution in [0.4, 0.5) is 0 Å². The van der Waals surface area contributed by atoms with Gasteiger partial charge >= 0.3 is 5.97 Å². The average molecular weight is 222 g/mol. The molecule has 4 heteroatoms. The summed E-state index contributed by atoms with van der Waals surface area (Å²) in [5, 5.41) is 0. The second-order valence-electron chi connectivity index (χ2n) is 3.98. The van der Waals surface area contributed by atoms with Crippen LogP contribution in [-0.4, -0.2) is 24.1 Å². The van der Waals surface area contributed by atoms with Crippen LogP contribution in [-0.2, 0) is 9.53 Å². The molecule has 2 atom stereocenters. The fraction of sp³-hybridized carbons (Fsp3) is 0.500. The number of rotatable bonds is 4. The number of nitrogens with zero attached hydrogens (tertiary/aromatic N) is 1. The van der Waals surface area contributed by atoms with E-state index in [1.54, 1.807) is 12.4 Å². The van der Waals surface area contributed by atoms with E-state index in [1.807, 2.05) is 19.9 Å². The maximum Gasteiger partial charge on any atom is 0.306 e. The van der Waals surface area contributed by atoms with Crippen molar-refractivity contribution in [2.45, 2.75) is 32.2 Å². The number of esters is 1. The van der Waals surface area contributed by atoms with E-state index in [2.05, 4.69) is 9.72 Å². The Morgan fingerprint density at radius 2 is 2.31 bits per heavy atom. The topological polar surface area (TPSA) is 65.2 Å². The highest BCUT2D eigenvalue weighted by Gasteiger charge is 2.22. The zero-order valence-corrected chi connectivity index (χ0v) is 9.93. The molecule has 4 nitrogen and oxygen atoms in total. The Labute approximate surface area is 95.8 Å². The van der Waals surface area contributed by atoms with Crippen LogP contribution < -0.4 is 5.73 Å². The highest BCUT2D eigenvalue weighted by atomic mass is 16.5. The minimum absolute atomic E-state index is 0.0406. The van der Waals surface area contributed by atoms with Gasteiger partial charge in [0.2, 0.25) is 0 Å². The van der Waals surface area contributed by atoms with E-state index in [4.69, 9.17) is 5.73 Å². The number of aromatic nitrogens is 1. The minimum Gasteiger partial charge on any atom is -0.469 e. The monoisotopic (exact) mass is 222 g/mol. The molecule has 1 heterocycles. The van der Waals surface area contributed by atoms with E-state index in [1.165, 1.54) is 7.11 Å². The van der Waals surface area contributed by atoms with Crippen LogP contribution in [0, 0.1) is 6.92 Å². The van der Waals surface area contributed by atoms with Crippen LogP contribution in [0.1, 0.15) is 30.4 Å². The molecule has 0 bridgehead atoms. The standard InChI is InChI=1S/C12H18N2O2/c1-8-4-5-14-7-11(8)10(9(2)13)6-12(15)16-3/h4-5,7,9-10H,6,13H2,1-3H3. The fourth-order valence-corrected chi connectivity index (χ4v) is 1.71. The molecule has 0 aliphatic heterocycles. The van der Waals surface area contributed by atoms with Gasteiger partial charge in [0.1, 0.15) is 0 Å². The van der Waals surface area contributed by atoms with Gasteiger partial charge in [0, 0.05) is 24.4 Å². The summed E-state index contributed by atoms with van der Waals surface area (Å²) < 4.78 is 4.68. The molecule has 0 amide bonds. The van der Waals surface area contributed by atoms with Crippen molar-refractivity contribution in [1.82, 2.24) is 4.98 Å². The highest BCUT2D eigenvalue weighted by Crippen LogP contribution is 2.25. The van der Waals surface area contributed by atoms with Gasteiger partial charge in [-0.3, -0.25) is 9.78 Å². The molecule has 2 unspecified atom stereocenters. The maximum absolute atomic E-state index is 11.3. The summed E-state index contributed by atoms with van der Waals surface area (Å²) in [6.07, 6.45) is 3.79. The first-order chi connectivity index (χ1) is 7.56. The van der Waals surface area contributed by atoms with Crippen LogP contribution in [0.3, 0.4) is 0 Å². The average Bonchev–Trinajstić information content (AvgIpc) is 2.26. The molecule has 0 saturated heterocycles. The van der Waals surface area contributed by atoms with Crippen LogP contribution in [0.5, 0.6) is 0 Å². The number of aryl methyl sites for hydroxylation is 1. The molecule has 16 heavy (non-hydrogen) atoms. The predicted octanol–water partition coefficient (Wildman–Crippen LogP) is 1.38. The van der Waals surface area contributed by atoms with Gasteiger partial charge in [-0.1, -0.05) is 0 Å². The lowest BCUT2D eigenvalue weighted by Crippen LogP contribution is -2.27. The molecule has 0 aromatic carbocycles. The van der Waals surface area contributed by atoms with Crippen molar-refractivity contribution in [3.05, 3.63) is 29.6 Å². The molecule has 0 radical (unpaired) electrons. The summed E-state index contributed by atoms with van der Waals surface area (Å²) in [5.74, 6) is -0.285. The van der Waals surface area contributed by atoms with Crippen LogP contribution >= 0.6 is 0 Å². The summed E-state index contributed by atoms with van der Waals surface area (Å²) in [4.78, 5) is 15.4. The van der Waals surface area contributed by atoms with Crippen molar-refractivity contribution in [3.63, 3.8) is 0 Å². The molecular weight excluding hydrogens is 204 g/mol. The molecule has 88 valence electrons. The lowest BCUT2D eigenvalue weighted by atomic mass is 9.88. The summed E-state index contributed by atoms with van der Waals surface area (Å²) in [5.41, 5.74) is 8.02. The Morgan fingerprint density at radius 1 is 1.62 bits per heavy atom. The van der Waals surface area contributed by atoms with Crippen LogP contribution in [0.25, 0.3) is 0 Å². The van der Waals surface area contributed by atoms with Gasteiger partial charge < -0.3 is 10.5 Å². The predicted molar refractivity (Wildman–Crippen MR) is 62.0 cm³/mol. The van der Waals surface area contributed by atoms with E-state index in [0.717, 1.165) is 11.1 Å². The van der Waals surface area contributed by atoms with Gasteiger partial charge in [-0.25, -0.2) is 0 Å². The van der Waals surface area contributed by atoms with Crippen molar-refractivity contribution < 1.29 is 9.53 Å². The lowest BCUT2D eigenvalue weighted by Gasteiger charge is -2.21. The van der Waals surface area contributed by atoms with Gasteiger partial charge in [0.15, 0.2) is 0 Å². The quantitative estimate of drug-likeness (QED) is 0.782. The van der Waals surface area contributed by atoms with Gasteiger partial charge in [-0.2, -0.15) is 0 Å². The zero-order chi connectivity index (χ0) is 12.1. The minimum atomic E-state index is -0.245. The molecule has 1 aromatic heterocycles. The SMILES string of the molecule is COC(=O)CC(c1cnccc1C)C(C)N. The number of hydrogen-bond acceptors (Lipinski definition) is 4. The summed E-state index contributed by atoms with van der Waals surface area (Å²) >= 11 is 0. The first-order valence-corrected chi connectivity index (χ1v) is 5.29. The highest BCUT2D eigenvalue weighted by molar-refractivity contribution is 5.70. The Morgan fingerprint density at radius 3 is 2.81 bits per heavy atom. The van der Waals surface area contributed by atoms with Crippen molar-refractivity contribution in [2.24, 2.45) is 5.73 Å². The smallest absolute Gasteiger partial charge is 0.306 e. The van der Waals surface area contributed by atoms with Crippen molar-refractivity contribution in [1.29, 1.82) is 0 Å². The number of methoxy groups -OCH3 is 1. The molecule has 1 aromatic rings. The Hall–Kier alpha value is -1.42. The van der Waals surface area contributed by atoms with E-state index < -0.39 is 0 Å². The summed E-state index contributed by atoms with van der Waals surface area (Å²) in [6, 6.07) is 1.81. The number of hydrogen-bond donors (Lipinski definition) is 1. The van der Waals surface area contributed by atoms with E-state index >= 15 is 0 Å². The van der Waals surface area contributed by atoms with Gasteiger partial charge in [-0.15, -0.1) is 0 Å². The molecule has 0 saturated carbocycles. The maximum atomic E-state index is 11.3. The van der Waals surface area contributed by atoms with Crippen molar-refractivity contribution in [2.75, 3.05) is 7.11 Å². The first kappa shape index (κ1) is 12.6. The van der Waals surface area contributed by atoms with E-state index in [9.17, 15) is 4.79 Å². The molecule has 2 N–H and O–H groups in total. The molecule has 1 rings (SSSR count). The van der Waals surface area contributed by atoms with Crippen molar-refractivity contribution in [3.8, 4) is 0 Å². The number of carbonyl (C=O) groups is 1. The van der Waals surface area contributed by atoms with Crippen LogP contribution in [0.15, 0.2) is 18.5 Å². The molecular formula is C12H18N2O2. The molecule has 0 fully saturated rings. The third kappa shape index (κ3) is 3.03. The second-order valence-corrected chi connectivity index (χ2v) is 3.98. The van der Waals surface area contributed by atoms with Gasteiger partial charge in [-0.05, 0) is 31.0 Å². The molecule has 0 aliphatic carbocycles. The Bertz CT molecular complexity index is 364.